The Morgan fingerprint density at radius 3 is 1.23 bits per heavy atom. The number of halogens is 7. The standard InChI is InChI=1S/C34H36ClF2N3O4S.C25H35N3O3.C9H2Cl2F2OS.H12P10.H8P6.H7P5/c1-34(2,3)44-33(42)39(4)23-7-9-24(10-8-23)40(32(41)31-29(35)28-25(36)11-12-26(37)30(28)45-31)19-22-18-21(6-13-27(22)43-5)20-14-16-38-17-15-20;1-25(2,3)31-24(29)28(4)22-9-7-21(8-10-22)27-17-20-16-19(6-11-23(20)30-5)18-12-14-26-15-13-18;10-6-5-3(12)1-2-4(13)7(5)15-8(6)9(11)14;1-7(2)10(8(3)4)9(5)6;1-5(2)6(3)4;1-4-5(2)3/h6,11-18,23-24H,7-10,19H2,1-5H3;6,11-16,21-22,27H,7-10,17H2,1-5H3;1-2H;1-6H2;1-4H2;4H,1-3H2. The lowest BCUT2D eigenvalue weighted by molar-refractivity contribution is 0.0142. The van der Waals surface area contributed by atoms with Gasteiger partial charge in [-0.3, -0.25) is 19.6 Å². The molecule has 0 saturated heterocycles. The van der Waals surface area contributed by atoms with E-state index in [0.29, 0.717) is 37.5 Å². The summed E-state index contributed by atoms with van der Waals surface area (Å²) >= 11 is 19.2. The molecule has 14 unspecified atom stereocenters. The van der Waals surface area contributed by atoms with Gasteiger partial charge in [0.05, 0.1) is 44.4 Å². The Hall–Kier alpha value is 1.96. The van der Waals surface area contributed by atoms with Gasteiger partial charge in [0, 0.05) is 87.3 Å². The Morgan fingerprint density at radius 1 is 0.527 bits per heavy atom. The molecule has 3 amide bonds. The van der Waals surface area contributed by atoms with E-state index in [2.05, 4.69) is 143 Å². The van der Waals surface area contributed by atoms with Gasteiger partial charge in [-0.25, -0.2) is 27.2 Å². The van der Waals surface area contributed by atoms with Gasteiger partial charge < -0.3 is 39.0 Å². The molecule has 0 radical (unpaired) electrons. The van der Waals surface area contributed by atoms with Crippen LogP contribution in [0.3, 0.4) is 0 Å². The number of amides is 3. The molecule has 2 fully saturated rings. The fourth-order valence-electron chi connectivity index (χ4n) is 11.4. The summed E-state index contributed by atoms with van der Waals surface area (Å²) in [5, 5.41) is 2.46. The molecular weight excluding hydrogens is 1930 g/mol. The minimum absolute atomic E-state index is 0.00302. The molecule has 2 saturated carbocycles. The summed E-state index contributed by atoms with van der Waals surface area (Å²) in [7, 11) is 44.9. The minimum atomic E-state index is -0.819. The molecule has 4 heterocycles. The van der Waals surface area contributed by atoms with E-state index in [1.54, 1.807) is 48.4 Å². The summed E-state index contributed by atoms with van der Waals surface area (Å²) < 4.78 is 78.4. The van der Waals surface area contributed by atoms with Gasteiger partial charge in [0.15, 0.2) is 0 Å². The molecule has 2 aliphatic rings. The highest BCUT2D eigenvalue weighted by atomic mass is 35.5. The third-order valence-electron chi connectivity index (χ3n) is 16.8. The average molecular weight is 2030 g/mol. The van der Waals surface area contributed by atoms with Crippen LogP contribution in [0.5, 0.6) is 11.5 Å². The van der Waals surface area contributed by atoms with Crippen molar-refractivity contribution in [2.24, 2.45) is 0 Å². The molecule has 4 aromatic heterocycles. The van der Waals surface area contributed by atoms with E-state index in [-0.39, 0.29) is 120 Å². The number of hydrogen-bond donors (Lipinski definition) is 1. The number of rotatable bonds is 19. The van der Waals surface area contributed by atoms with Crippen LogP contribution >= 0.6 is 230 Å². The average Bonchev–Trinajstić information content (AvgIpc) is 1.64. The largest absolute Gasteiger partial charge is 0.496 e. The number of pyridine rings is 2. The maximum atomic E-state index is 14.8. The van der Waals surface area contributed by atoms with E-state index in [1.807, 2.05) is 110 Å². The lowest BCUT2D eigenvalue weighted by Gasteiger charge is -2.40. The van der Waals surface area contributed by atoms with Crippen molar-refractivity contribution in [3.63, 3.8) is 0 Å². The van der Waals surface area contributed by atoms with Gasteiger partial charge in [-0.05, 0) is 248 Å². The lowest BCUT2D eigenvalue weighted by atomic mass is 9.89. The van der Waals surface area contributed by atoms with Crippen molar-refractivity contribution in [1.82, 2.24) is 30.0 Å². The molecule has 0 bridgehead atoms. The van der Waals surface area contributed by atoms with E-state index in [0.717, 1.165) is 126 Å². The van der Waals surface area contributed by atoms with Crippen LogP contribution in [0.25, 0.3) is 42.4 Å². The SMILES string of the molecule is COc1ccc(-c2ccncc2)cc1CN(C(=O)c1sc2c(F)ccc(F)c2c1Cl)C1CCC(N(C)C(=O)OC(C)(C)C)CC1.COc1ccc(-c2ccncc2)cc1CNC1CCC(N(C)C(=O)OC(C)(C)C)CC1.O=C(Cl)c1sc2c(F)ccc(F)c2c1Cl.PP(P)P(P(P)P)P(P)P.PP(P)P(P)P.PPP(P)P. The number of aromatic nitrogens is 2. The molecule has 0 aliphatic heterocycles. The van der Waals surface area contributed by atoms with E-state index >= 15 is 0 Å². The second kappa shape index (κ2) is 51.4. The van der Waals surface area contributed by atoms with Gasteiger partial charge in [-0.15, -0.1) is 139 Å². The number of thiophene rings is 2. The van der Waals surface area contributed by atoms with E-state index in [4.69, 9.17) is 53.8 Å². The van der Waals surface area contributed by atoms with E-state index in [1.165, 1.54) is 0 Å². The third-order valence-corrected chi connectivity index (χ3v) is 103. The molecule has 1 N–H and O–H groups in total. The first kappa shape index (κ1) is 105. The first-order chi connectivity index (χ1) is 52.5. The van der Waals surface area contributed by atoms with Crippen molar-refractivity contribution in [3.05, 3.63) is 164 Å². The quantitative estimate of drug-likeness (QED) is 0.0468. The predicted octanol–water partition coefficient (Wildman–Crippen LogP) is 28.8. The topological polar surface area (TPSA) is 153 Å². The number of carbonyl (C=O) groups is 4. The number of nitrogens with one attached hydrogen (secondary N) is 1. The monoisotopic (exact) mass is 2020 g/mol. The molecule has 44 heteroatoms. The van der Waals surface area contributed by atoms with E-state index < -0.39 is 51.7 Å². The van der Waals surface area contributed by atoms with Crippen molar-refractivity contribution in [2.45, 2.75) is 141 Å². The molecule has 14 atom stereocenters. The molecule has 8 aromatic rings. The zero-order chi connectivity index (χ0) is 83.8. The fraction of sp³-hybridized carbons (Fsp3) is 0.382. The molecule has 112 heavy (non-hydrogen) atoms. The van der Waals surface area contributed by atoms with Crippen molar-refractivity contribution >= 4 is 274 Å². The molecule has 14 nitrogen and oxygen atoms in total. The molecule has 10 rings (SSSR count). The second-order valence-electron chi connectivity index (χ2n) is 26.9. The van der Waals surface area contributed by atoms with Crippen LogP contribution in [0.4, 0.5) is 27.2 Å². The smallest absolute Gasteiger partial charge is 0.410 e. The third kappa shape index (κ3) is 33.5. The summed E-state index contributed by atoms with van der Waals surface area (Å²) in [6, 6.07) is 24.3. The van der Waals surface area contributed by atoms with Gasteiger partial charge in [-0.2, -0.15) is 0 Å². The second-order valence-corrected chi connectivity index (χ2v) is 100. The van der Waals surface area contributed by atoms with Gasteiger partial charge in [0.25, 0.3) is 11.1 Å². The molecule has 4 aromatic carbocycles. The summed E-state index contributed by atoms with van der Waals surface area (Å²) in [6.45, 7) is 13.3. The van der Waals surface area contributed by atoms with Crippen LogP contribution in [-0.2, 0) is 22.6 Å². The van der Waals surface area contributed by atoms with Crippen molar-refractivity contribution in [1.29, 1.82) is 0 Å². The molecule has 2 aliphatic carbocycles. The normalized spacial score (nSPS) is 15.7. The van der Waals surface area contributed by atoms with Gasteiger partial charge in [0.2, 0.25) is 0 Å². The number of hydrogen-bond acceptors (Lipinski definition) is 13. The van der Waals surface area contributed by atoms with Crippen LogP contribution in [0, 0.1) is 23.3 Å². The number of benzene rings is 4. The lowest BCUT2D eigenvalue weighted by Crippen LogP contribution is -2.47. The zero-order valence-electron chi connectivity index (χ0n) is 63.4. The zero-order valence-corrected chi connectivity index (χ0v) is 89.5. The maximum Gasteiger partial charge on any atom is 0.410 e. The summed E-state index contributed by atoms with van der Waals surface area (Å²) in [4.78, 5) is 63.7. The number of carbonyl (C=O) groups excluding carboxylic acids is 4. The molecule has 616 valence electrons. The molecule has 0 spiro atoms. The minimum Gasteiger partial charge on any atom is -0.496 e. The highest BCUT2D eigenvalue weighted by Gasteiger charge is 2.37. The van der Waals surface area contributed by atoms with Crippen LogP contribution < -0.4 is 14.8 Å². The van der Waals surface area contributed by atoms with Gasteiger partial charge >= 0.3 is 12.2 Å². The van der Waals surface area contributed by atoms with Crippen molar-refractivity contribution in [2.75, 3.05) is 28.3 Å². The number of methoxy groups -OCH3 is 2. The van der Waals surface area contributed by atoms with Gasteiger partial charge in [-0.1, -0.05) is 43.3 Å². The Labute approximate surface area is 720 Å². The predicted molar refractivity (Wildman–Crippen MR) is 536 cm³/mol. The highest BCUT2D eigenvalue weighted by Crippen LogP contribution is 3.10. The summed E-state index contributed by atoms with van der Waals surface area (Å²) in [5.41, 5.74) is 5.01. The maximum absolute atomic E-state index is 14.8. The Balaban J connectivity index is 0.000000285. The van der Waals surface area contributed by atoms with E-state index in [9.17, 15) is 36.7 Å². The molecular formula is C68H100Cl3F4N6O8P21S2. The number of ether oxygens (including phenoxy) is 4. The van der Waals surface area contributed by atoms with Crippen LogP contribution in [0.1, 0.15) is 123 Å². The van der Waals surface area contributed by atoms with Gasteiger partial charge in [0.1, 0.15) is 55.7 Å². The summed E-state index contributed by atoms with van der Waals surface area (Å²) in [5.74, 6) is -1.54. The first-order valence-electron chi connectivity index (χ1n) is 34.0. The number of nitrogens with zero attached hydrogens (tertiary/aromatic N) is 5. The van der Waals surface area contributed by atoms with Crippen LogP contribution in [0.15, 0.2) is 110 Å². The number of fused-ring (bicyclic) bond motifs is 2. The van der Waals surface area contributed by atoms with Crippen LogP contribution in [0.2, 0.25) is 10.0 Å². The Kier molecular flexibility index (Phi) is 48.0. The Morgan fingerprint density at radius 2 is 0.884 bits per heavy atom. The van der Waals surface area contributed by atoms with Crippen LogP contribution in [-0.4, -0.2) is 112 Å². The van der Waals surface area contributed by atoms with Crippen molar-refractivity contribution < 1.29 is 55.7 Å². The Bertz CT molecular complexity index is 4330. The first-order valence-corrected chi connectivity index (χ1v) is 72.0. The van der Waals surface area contributed by atoms with Crippen molar-refractivity contribution in [3.8, 4) is 33.8 Å². The highest BCUT2D eigenvalue weighted by molar-refractivity contribution is 9.16. The summed E-state index contributed by atoms with van der Waals surface area (Å²) in [6.07, 6.45) is 12.9. The fourth-order valence-corrected chi connectivity index (χ4v) is 101.